The minimum absolute atomic E-state index is 0.680. The van der Waals surface area contributed by atoms with Crippen molar-refractivity contribution in [3.8, 4) is 11.5 Å². The van der Waals surface area contributed by atoms with Crippen molar-refractivity contribution in [1.29, 1.82) is 0 Å². The third-order valence-corrected chi connectivity index (χ3v) is 3.89. The fraction of sp³-hybridized carbons (Fsp3) is 0.0769. The van der Waals surface area contributed by atoms with E-state index in [2.05, 4.69) is 19.1 Å². The van der Waals surface area contributed by atoms with Gasteiger partial charge in [-0.2, -0.15) is 0 Å². The molecule has 0 N–H and O–H groups in total. The van der Waals surface area contributed by atoms with E-state index in [1.54, 1.807) is 6.07 Å². The first-order valence-corrected chi connectivity index (χ1v) is 9.53. The summed E-state index contributed by atoms with van der Waals surface area (Å²) in [6.45, 7) is 4.13. The van der Waals surface area contributed by atoms with Gasteiger partial charge in [0.1, 0.15) is 11.5 Å². The molecule has 0 amide bonds. The van der Waals surface area contributed by atoms with Gasteiger partial charge in [-0.15, -0.1) is 0 Å². The van der Waals surface area contributed by atoms with Crippen LogP contribution in [0.15, 0.2) is 115 Å². The summed E-state index contributed by atoms with van der Waals surface area (Å²) < 4.78 is 5.63. The van der Waals surface area contributed by atoms with Crippen molar-refractivity contribution in [3.05, 3.63) is 131 Å². The van der Waals surface area contributed by atoms with E-state index >= 15 is 0 Å². The second kappa shape index (κ2) is 12.4. The first-order chi connectivity index (χ1) is 13.6. The lowest BCUT2D eigenvalue weighted by molar-refractivity contribution is 0.482. The van der Waals surface area contributed by atoms with Crippen molar-refractivity contribution < 1.29 is 4.74 Å². The fourth-order valence-corrected chi connectivity index (χ4v) is 2.37. The monoisotopic (exact) mass is 388 g/mol. The Bertz CT molecular complexity index is 877. The van der Waals surface area contributed by atoms with Crippen molar-refractivity contribution in [3.63, 3.8) is 0 Å². The van der Waals surface area contributed by atoms with Gasteiger partial charge in [0.05, 0.1) is 0 Å². The van der Waals surface area contributed by atoms with Crippen molar-refractivity contribution in [1.82, 2.24) is 0 Å². The molecule has 28 heavy (non-hydrogen) atoms. The van der Waals surface area contributed by atoms with Crippen molar-refractivity contribution in [2.24, 2.45) is 0 Å². The molecule has 2 heteroatoms. The molecule has 0 heterocycles. The normalized spacial score (nSPS) is 9.25. The van der Waals surface area contributed by atoms with E-state index in [-0.39, 0.29) is 0 Å². The molecule has 0 unspecified atom stereocenters. The van der Waals surface area contributed by atoms with E-state index in [0.717, 1.165) is 11.5 Å². The molecule has 0 saturated carbocycles. The Kier molecular flexibility index (Phi) is 9.40. The third-order valence-electron chi connectivity index (χ3n) is 3.66. The van der Waals surface area contributed by atoms with E-state index in [1.807, 2.05) is 104 Å². The van der Waals surface area contributed by atoms with Gasteiger partial charge >= 0.3 is 0 Å². The lowest BCUT2D eigenvalue weighted by atomic mass is 10.2. The Balaban J connectivity index is 0.000000178. The van der Waals surface area contributed by atoms with Crippen LogP contribution in [0.25, 0.3) is 0 Å². The van der Waals surface area contributed by atoms with Crippen molar-refractivity contribution in [2.45, 2.75) is 13.8 Å². The molecule has 0 aliphatic carbocycles. The predicted octanol–water partition coefficient (Wildman–Crippen LogP) is 8.12. The zero-order valence-corrected chi connectivity index (χ0v) is 17.0. The summed E-state index contributed by atoms with van der Waals surface area (Å²) >= 11 is 5.86. The zero-order valence-electron chi connectivity index (χ0n) is 16.3. The summed E-state index contributed by atoms with van der Waals surface area (Å²) in [6.07, 6.45) is 0. The number of hydrogen-bond acceptors (Lipinski definition) is 1. The highest BCUT2D eigenvalue weighted by molar-refractivity contribution is 6.30. The molecule has 0 bridgehead atoms. The molecule has 4 aromatic carbocycles. The largest absolute Gasteiger partial charge is 0.457 e. The Hall–Kier alpha value is -3.03. The maximum absolute atomic E-state index is 5.86. The summed E-state index contributed by atoms with van der Waals surface area (Å²) in [6, 6.07) is 37.5. The van der Waals surface area contributed by atoms with Gasteiger partial charge in [0.25, 0.3) is 0 Å². The van der Waals surface area contributed by atoms with Gasteiger partial charge in [0.2, 0.25) is 0 Å². The highest BCUT2D eigenvalue weighted by atomic mass is 35.5. The molecule has 1 nitrogen and oxygen atoms in total. The number of ether oxygens (including phenoxy) is 1. The first kappa shape index (κ1) is 21.3. The topological polar surface area (TPSA) is 9.23 Å². The molecular weight excluding hydrogens is 364 g/mol. The molecule has 4 rings (SSSR count). The van der Waals surface area contributed by atoms with Crippen LogP contribution >= 0.6 is 11.6 Å². The van der Waals surface area contributed by atoms with Crippen LogP contribution in [0.5, 0.6) is 11.5 Å². The van der Waals surface area contributed by atoms with E-state index in [9.17, 15) is 0 Å². The molecular formula is C26H25ClO. The maximum atomic E-state index is 5.86. The second-order valence-corrected chi connectivity index (χ2v) is 6.62. The molecule has 0 saturated heterocycles. The van der Waals surface area contributed by atoms with E-state index in [4.69, 9.17) is 16.3 Å². The minimum atomic E-state index is 0.680. The van der Waals surface area contributed by atoms with Crippen LogP contribution in [0.4, 0.5) is 0 Å². The zero-order chi connectivity index (χ0) is 20.0. The number of halogens is 1. The molecule has 0 radical (unpaired) electrons. The molecule has 0 spiro atoms. The highest BCUT2D eigenvalue weighted by Crippen LogP contribution is 2.24. The first-order valence-electron chi connectivity index (χ1n) is 9.15. The predicted molar refractivity (Wildman–Crippen MR) is 120 cm³/mol. The van der Waals surface area contributed by atoms with E-state index in [1.165, 1.54) is 11.1 Å². The number of benzene rings is 4. The van der Waals surface area contributed by atoms with Gasteiger partial charge in [-0.3, -0.25) is 0 Å². The SMILES string of the molecule is Cc1ccc(Oc2cccc(Cl)c2)cc1.Cc1ccccc1.c1ccccc1. The van der Waals surface area contributed by atoms with E-state index in [0.29, 0.717) is 5.02 Å². The van der Waals surface area contributed by atoms with Crippen LogP contribution < -0.4 is 4.74 Å². The summed E-state index contributed by atoms with van der Waals surface area (Å²) in [4.78, 5) is 0. The summed E-state index contributed by atoms with van der Waals surface area (Å²) in [5.74, 6) is 1.58. The summed E-state index contributed by atoms with van der Waals surface area (Å²) in [5, 5.41) is 0.680. The van der Waals surface area contributed by atoms with Crippen molar-refractivity contribution in [2.75, 3.05) is 0 Å². The van der Waals surface area contributed by atoms with Gasteiger partial charge in [0, 0.05) is 5.02 Å². The third kappa shape index (κ3) is 9.07. The van der Waals surface area contributed by atoms with Gasteiger partial charge in [-0.1, -0.05) is 108 Å². The lowest BCUT2D eigenvalue weighted by Gasteiger charge is -2.05. The van der Waals surface area contributed by atoms with Crippen LogP contribution in [0.3, 0.4) is 0 Å². The Morgan fingerprint density at radius 1 is 0.500 bits per heavy atom. The summed E-state index contributed by atoms with van der Waals surface area (Å²) in [7, 11) is 0. The molecule has 142 valence electrons. The Labute approximate surface area is 173 Å². The molecule has 4 aromatic rings. The highest BCUT2D eigenvalue weighted by Gasteiger charge is 1.97. The maximum Gasteiger partial charge on any atom is 0.128 e. The van der Waals surface area contributed by atoms with Gasteiger partial charge in [-0.25, -0.2) is 0 Å². The standard InChI is InChI=1S/C13H11ClO.C7H8.C6H6/c1-10-5-7-12(8-6-10)15-13-4-2-3-11(14)9-13;1-7-5-3-2-4-6-7;1-2-4-6-5-3-1/h2-9H,1H3;2-6H,1H3;1-6H. The van der Waals surface area contributed by atoms with Crippen LogP contribution in [0, 0.1) is 13.8 Å². The van der Waals surface area contributed by atoms with Crippen LogP contribution in [0.1, 0.15) is 11.1 Å². The van der Waals surface area contributed by atoms with Gasteiger partial charge in [0.15, 0.2) is 0 Å². The number of aryl methyl sites for hydroxylation is 2. The second-order valence-electron chi connectivity index (χ2n) is 6.18. The average Bonchev–Trinajstić information content (AvgIpc) is 2.73. The van der Waals surface area contributed by atoms with E-state index < -0.39 is 0 Å². The smallest absolute Gasteiger partial charge is 0.128 e. The van der Waals surface area contributed by atoms with Gasteiger partial charge in [-0.05, 0) is 44.2 Å². The Morgan fingerprint density at radius 3 is 1.46 bits per heavy atom. The average molecular weight is 389 g/mol. The minimum Gasteiger partial charge on any atom is -0.457 e. The quantitative estimate of drug-likeness (QED) is 0.337. The number of rotatable bonds is 2. The fourth-order valence-electron chi connectivity index (χ4n) is 2.19. The molecule has 0 aliphatic rings. The molecule has 0 atom stereocenters. The van der Waals surface area contributed by atoms with Crippen LogP contribution in [0.2, 0.25) is 5.02 Å². The van der Waals surface area contributed by atoms with Crippen molar-refractivity contribution >= 4 is 11.6 Å². The van der Waals surface area contributed by atoms with Gasteiger partial charge < -0.3 is 4.74 Å². The summed E-state index contributed by atoms with van der Waals surface area (Å²) in [5.41, 5.74) is 2.54. The molecule has 0 aliphatic heterocycles. The van der Waals surface area contributed by atoms with Crippen LogP contribution in [-0.4, -0.2) is 0 Å². The number of hydrogen-bond donors (Lipinski definition) is 0. The molecule has 0 aromatic heterocycles. The van der Waals surface area contributed by atoms with Crippen LogP contribution in [-0.2, 0) is 0 Å². The molecule has 0 fully saturated rings. The Morgan fingerprint density at radius 2 is 1.00 bits per heavy atom. The lowest BCUT2D eigenvalue weighted by Crippen LogP contribution is -1.83.